The first-order valence-electron chi connectivity index (χ1n) is 5.68. The quantitative estimate of drug-likeness (QED) is 0.747. The average molecular weight is 272 g/mol. The van der Waals surface area contributed by atoms with Crippen molar-refractivity contribution in [2.24, 2.45) is 0 Å². The van der Waals surface area contributed by atoms with Crippen LogP contribution in [0, 0.1) is 0 Å². The molecule has 0 aliphatic heterocycles. The number of rotatable bonds is 6. The minimum atomic E-state index is -2.96. The second kappa shape index (κ2) is 6.82. The van der Waals surface area contributed by atoms with Gasteiger partial charge < -0.3 is 9.47 Å². The molecule has 0 aliphatic carbocycles. The molecule has 6 heteroatoms. The zero-order valence-corrected chi connectivity index (χ0v) is 10.6. The van der Waals surface area contributed by atoms with Crippen molar-refractivity contribution in [3.8, 4) is 5.75 Å². The summed E-state index contributed by atoms with van der Waals surface area (Å²) in [5, 5.41) is 0. The highest BCUT2D eigenvalue weighted by atomic mass is 19.3. The molecule has 1 aromatic carbocycles. The highest BCUT2D eigenvalue weighted by molar-refractivity contribution is 5.93. The van der Waals surface area contributed by atoms with E-state index in [1.54, 1.807) is 6.92 Å². The maximum atomic E-state index is 12.1. The predicted molar refractivity (Wildman–Crippen MR) is 63.4 cm³/mol. The number of esters is 1. The molecular weight excluding hydrogens is 258 g/mol. The van der Waals surface area contributed by atoms with Crippen LogP contribution in [-0.2, 0) is 16.0 Å². The van der Waals surface area contributed by atoms with Crippen molar-refractivity contribution in [3.05, 3.63) is 29.3 Å². The number of hydrogen-bond donors (Lipinski definition) is 0. The van der Waals surface area contributed by atoms with Crippen molar-refractivity contribution in [2.45, 2.75) is 26.9 Å². The van der Waals surface area contributed by atoms with Crippen molar-refractivity contribution in [1.82, 2.24) is 0 Å². The van der Waals surface area contributed by atoms with Gasteiger partial charge in [0.1, 0.15) is 11.5 Å². The summed E-state index contributed by atoms with van der Waals surface area (Å²) in [5.74, 6) is -0.888. The van der Waals surface area contributed by atoms with Gasteiger partial charge in [0.15, 0.2) is 0 Å². The van der Waals surface area contributed by atoms with Crippen LogP contribution in [0.2, 0.25) is 0 Å². The fraction of sp³-hybridized carbons (Fsp3) is 0.385. The molecule has 0 amide bonds. The van der Waals surface area contributed by atoms with E-state index < -0.39 is 12.6 Å². The van der Waals surface area contributed by atoms with E-state index in [0.717, 1.165) is 0 Å². The number of alkyl halides is 2. The zero-order valence-electron chi connectivity index (χ0n) is 10.6. The van der Waals surface area contributed by atoms with E-state index in [1.165, 1.54) is 25.1 Å². The van der Waals surface area contributed by atoms with Gasteiger partial charge in [-0.2, -0.15) is 8.78 Å². The van der Waals surface area contributed by atoms with Crippen LogP contribution in [0.15, 0.2) is 18.2 Å². The summed E-state index contributed by atoms with van der Waals surface area (Å²) in [6, 6.07) is 3.80. The van der Waals surface area contributed by atoms with Gasteiger partial charge >= 0.3 is 12.6 Å². The van der Waals surface area contributed by atoms with Crippen molar-refractivity contribution < 1.29 is 27.8 Å². The third-order valence-corrected chi connectivity index (χ3v) is 2.24. The molecule has 1 rings (SSSR count). The van der Waals surface area contributed by atoms with Crippen LogP contribution < -0.4 is 4.74 Å². The summed E-state index contributed by atoms with van der Waals surface area (Å²) in [7, 11) is 0. The number of halogens is 2. The van der Waals surface area contributed by atoms with Crippen molar-refractivity contribution >= 4 is 11.8 Å². The number of Topliss-reactive ketones (excluding diaryl/α,β-unsaturated/α-hetero) is 1. The lowest BCUT2D eigenvalue weighted by Crippen LogP contribution is -2.11. The van der Waals surface area contributed by atoms with E-state index in [2.05, 4.69) is 4.74 Å². The van der Waals surface area contributed by atoms with Crippen LogP contribution in [0.1, 0.15) is 29.8 Å². The Morgan fingerprint density at radius 1 is 1.32 bits per heavy atom. The van der Waals surface area contributed by atoms with Crippen molar-refractivity contribution in [2.75, 3.05) is 6.61 Å². The van der Waals surface area contributed by atoms with Gasteiger partial charge in [-0.15, -0.1) is 0 Å². The van der Waals surface area contributed by atoms with Crippen LogP contribution in [0.4, 0.5) is 8.78 Å². The Hall–Kier alpha value is -1.98. The SMILES string of the molecule is CCOC(=O)c1ccc(OC(F)F)cc1CC(C)=O. The van der Waals surface area contributed by atoms with E-state index in [1.807, 2.05) is 0 Å². The molecule has 0 aliphatic rings. The summed E-state index contributed by atoms with van der Waals surface area (Å²) < 4.78 is 33.3. The molecule has 104 valence electrons. The molecule has 0 unspecified atom stereocenters. The molecule has 0 fully saturated rings. The van der Waals surface area contributed by atoms with E-state index >= 15 is 0 Å². The molecule has 0 N–H and O–H groups in total. The molecule has 0 atom stereocenters. The lowest BCUT2D eigenvalue weighted by Gasteiger charge is -2.10. The standard InChI is InChI=1S/C13H14F2O4/c1-3-18-12(17)11-5-4-10(19-13(14)15)7-9(11)6-8(2)16/h4-5,7,13H,3,6H2,1-2H3. The number of hydrogen-bond acceptors (Lipinski definition) is 4. The van der Waals surface area contributed by atoms with Gasteiger partial charge in [-0.1, -0.05) is 0 Å². The molecule has 0 saturated carbocycles. The normalized spacial score (nSPS) is 10.4. The van der Waals surface area contributed by atoms with Gasteiger partial charge in [0, 0.05) is 6.42 Å². The number of ketones is 1. The molecule has 1 aromatic rings. The average Bonchev–Trinajstić information content (AvgIpc) is 2.27. The molecule has 0 spiro atoms. The maximum absolute atomic E-state index is 12.1. The Morgan fingerprint density at radius 2 is 2.00 bits per heavy atom. The molecule has 0 radical (unpaired) electrons. The zero-order chi connectivity index (χ0) is 14.4. The van der Waals surface area contributed by atoms with Crippen LogP contribution in [-0.4, -0.2) is 25.0 Å². The molecule has 19 heavy (non-hydrogen) atoms. The fourth-order valence-corrected chi connectivity index (χ4v) is 1.57. The summed E-state index contributed by atoms with van der Waals surface area (Å²) >= 11 is 0. The minimum Gasteiger partial charge on any atom is -0.462 e. The first-order chi connectivity index (χ1) is 8.93. The highest BCUT2D eigenvalue weighted by Crippen LogP contribution is 2.21. The Balaban J connectivity index is 3.08. The fourth-order valence-electron chi connectivity index (χ4n) is 1.57. The van der Waals surface area contributed by atoms with Crippen LogP contribution in [0.5, 0.6) is 5.75 Å². The largest absolute Gasteiger partial charge is 0.462 e. The topological polar surface area (TPSA) is 52.6 Å². The van der Waals surface area contributed by atoms with Gasteiger partial charge in [-0.25, -0.2) is 4.79 Å². The predicted octanol–water partition coefficient (Wildman–Crippen LogP) is 2.60. The van der Waals surface area contributed by atoms with Crippen LogP contribution in [0.3, 0.4) is 0 Å². The van der Waals surface area contributed by atoms with Gasteiger partial charge in [-0.3, -0.25) is 4.79 Å². The smallest absolute Gasteiger partial charge is 0.387 e. The van der Waals surface area contributed by atoms with Crippen LogP contribution in [0.25, 0.3) is 0 Å². The summed E-state index contributed by atoms with van der Waals surface area (Å²) in [6.07, 6.45) is -0.0470. The molecular formula is C13H14F2O4. The number of carbonyl (C=O) groups excluding carboxylic acids is 2. The molecule has 0 aromatic heterocycles. The van der Waals surface area contributed by atoms with Crippen LogP contribution >= 0.6 is 0 Å². The lowest BCUT2D eigenvalue weighted by atomic mass is 10.0. The summed E-state index contributed by atoms with van der Waals surface area (Å²) in [6.45, 7) is 0.221. The molecule has 4 nitrogen and oxygen atoms in total. The molecule has 0 heterocycles. The van der Waals surface area contributed by atoms with E-state index in [9.17, 15) is 18.4 Å². The second-order valence-electron chi connectivity index (χ2n) is 3.80. The molecule has 0 saturated heterocycles. The van der Waals surface area contributed by atoms with E-state index in [0.29, 0.717) is 5.56 Å². The summed E-state index contributed by atoms with van der Waals surface area (Å²) in [4.78, 5) is 22.8. The van der Waals surface area contributed by atoms with Gasteiger partial charge in [0.2, 0.25) is 0 Å². The summed E-state index contributed by atoms with van der Waals surface area (Å²) in [5.41, 5.74) is 0.489. The Bertz CT molecular complexity index is 472. The Kier molecular flexibility index (Phi) is 5.41. The minimum absolute atomic E-state index is 0.0470. The number of ether oxygens (including phenoxy) is 2. The van der Waals surface area contributed by atoms with E-state index in [4.69, 9.17) is 4.74 Å². The third-order valence-electron chi connectivity index (χ3n) is 2.24. The van der Waals surface area contributed by atoms with Crippen molar-refractivity contribution in [1.29, 1.82) is 0 Å². The Morgan fingerprint density at radius 3 is 2.53 bits per heavy atom. The van der Waals surface area contributed by atoms with Gasteiger partial charge in [-0.05, 0) is 37.6 Å². The Labute approximate surface area is 109 Å². The highest BCUT2D eigenvalue weighted by Gasteiger charge is 2.16. The van der Waals surface area contributed by atoms with E-state index in [-0.39, 0.29) is 30.1 Å². The van der Waals surface area contributed by atoms with Crippen molar-refractivity contribution in [3.63, 3.8) is 0 Å². The van der Waals surface area contributed by atoms with Gasteiger partial charge in [0.25, 0.3) is 0 Å². The maximum Gasteiger partial charge on any atom is 0.387 e. The first kappa shape index (κ1) is 15.1. The third kappa shape index (κ3) is 4.65. The number of benzene rings is 1. The second-order valence-corrected chi connectivity index (χ2v) is 3.80. The number of carbonyl (C=O) groups is 2. The van der Waals surface area contributed by atoms with Gasteiger partial charge in [0.05, 0.1) is 12.2 Å². The first-order valence-corrected chi connectivity index (χ1v) is 5.68. The monoisotopic (exact) mass is 272 g/mol. The molecule has 0 bridgehead atoms. The lowest BCUT2D eigenvalue weighted by molar-refractivity contribution is -0.116.